The first-order chi connectivity index (χ1) is 22.8. The Kier molecular flexibility index (Phi) is 8.54. The van der Waals surface area contributed by atoms with Crippen molar-refractivity contribution in [3.63, 3.8) is 0 Å². The minimum atomic E-state index is 0.0224. The topological polar surface area (TPSA) is 4.93 Å². The van der Waals surface area contributed by atoms with Crippen LogP contribution in [0.2, 0.25) is 0 Å². The predicted octanol–water partition coefficient (Wildman–Crippen LogP) is 13.9. The second kappa shape index (κ2) is 12.0. The van der Waals surface area contributed by atoms with Crippen molar-refractivity contribution in [3.05, 3.63) is 125 Å². The molecule has 1 aromatic heterocycles. The van der Waals surface area contributed by atoms with Crippen LogP contribution in [0.4, 0.5) is 0 Å². The zero-order valence-electron chi connectivity index (χ0n) is 32.4. The van der Waals surface area contributed by atoms with Crippen LogP contribution in [0.15, 0.2) is 97.1 Å². The predicted molar refractivity (Wildman–Crippen MR) is 216 cm³/mol. The largest absolute Gasteiger partial charge is 0.309 e. The monoisotopic (exact) mass is 647 g/mol. The van der Waals surface area contributed by atoms with Gasteiger partial charge in [-0.3, -0.25) is 0 Å². The van der Waals surface area contributed by atoms with Crippen molar-refractivity contribution >= 4 is 21.8 Å². The maximum absolute atomic E-state index is 2.55. The van der Waals surface area contributed by atoms with E-state index in [0.29, 0.717) is 0 Å². The van der Waals surface area contributed by atoms with Gasteiger partial charge in [0.25, 0.3) is 0 Å². The number of hydrogen-bond donors (Lipinski definition) is 0. The average molecular weight is 648 g/mol. The first-order valence-corrected chi connectivity index (χ1v) is 18.3. The zero-order valence-corrected chi connectivity index (χ0v) is 32.4. The fraction of sp³-hybridized carbons (Fsp3) is 0.375. The van der Waals surface area contributed by atoms with Gasteiger partial charge >= 0.3 is 0 Å². The van der Waals surface area contributed by atoms with Crippen molar-refractivity contribution in [1.82, 2.24) is 4.57 Å². The van der Waals surface area contributed by atoms with Gasteiger partial charge in [-0.2, -0.15) is 0 Å². The van der Waals surface area contributed by atoms with E-state index >= 15 is 0 Å². The fourth-order valence-electron chi connectivity index (χ4n) is 7.25. The van der Waals surface area contributed by atoms with Crippen molar-refractivity contribution < 1.29 is 0 Å². The summed E-state index contributed by atoms with van der Waals surface area (Å²) < 4.78 is 2.55. The van der Waals surface area contributed by atoms with Gasteiger partial charge in [-0.05, 0) is 102 Å². The molecule has 0 saturated heterocycles. The summed E-state index contributed by atoms with van der Waals surface area (Å²) in [6.45, 7) is 30.3. The maximum Gasteiger partial charge on any atom is 0.0547 e. The van der Waals surface area contributed by atoms with Gasteiger partial charge in [0.15, 0.2) is 0 Å². The molecule has 1 heteroatoms. The molecular weight excluding hydrogens is 591 g/mol. The van der Waals surface area contributed by atoms with Gasteiger partial charge in [0, 0.05) is 16.5 Å². The summed E-state index contributed by atoms with van der Waals surface area (Å²) >= 11 is 0. The minimum absolute atomic E-state index is 0.0224. The van der Waals surface area contributed by atoms with Crippen LogP contribution >= 0.6 is 0 Å². The Morgan fingerprint density at radius 2 is 0.918 bits per heavy atom. The van der Waals surface area contributed by atoms with Crippen molar-refractivity contribution in [1.29, 1.82) is 0 Å². The molecule has 0 fully saturated rings. The molecule has 6 aromatic rings. The molecule has 49 heavy (non-hydrogen) atoms. The van der Waals surface area contributed by atoms with E-state index in [2.05, 4.69) is 192 Å². The molecule has 0 amide bonds. The third-order valence-corrected chi connectivity index (χ3v) is 10.4. The lowest BCUT2D eigenvalue weighted by atomic mass is 9.78. The number of aryl methyl sites for hydroxylation is 1. The van der Waals surface area contributed by atoms with Crippen LogP contribution in [0.3, 0.4) is 0 Å². The van der Waals surface area contributed by atoms with Crippen LogP contribution in [0, 0.1) is 0 Å². The second-order valence-corrected chi connectivity index (χ2v) is 18.3. The van der Waals surface area contributed by atoms with Crippen molar-refractivity contribution in [3.8, 4) is 27.9 Å². The molecule has 1 heterocycles. The van der Waals surface area contributed by atoms with E-state index < -0.39 is 0 Å². The molecule has 0 aliphatic rings. The molecule has 5 aromatic carbocycles. The van der Waals surface area contributed by atoms with Gasteiger partial charge in [0.2, 0.25) is 0 Å². The third kappa shape index (κ3) is 6.50. The summed E-state index contributed by atoms with van der Waals surface area (Å²) in [5.41, 5.74) is 16.0. The molecule has 0 spiro atoms. The highest BCUT2D eigenvalue weighted by atomic mass is 15.0. The Morgan fingerprint density at radius 1 is 0.429 bits per heavy atom. The van der Waals surface area contributed by atoms with Gasteiger partial charge < -0.3 is 4.57 Å². The molecule has 0 unspecified atom stereocenters. The van der Waals surface area contributed by atoms with Gasteiger partial charge in [-0.15, -0.1) is 0 Å². The number of rotatable bonds is 4. The van der Waals surface area contributed by atoms with E-state index in [-0.39, 0.29) is 21.7 Å². The molecule has 0 aliphatic heterocycles. The Morgan fingerprint density at radius 3 is 1.41 bits per heavy atom. The van der Waals surface area contributed by atoms with Crippen molar-refractivity contribution in [2.45, 2.75) is 118 Å². The molecule has 1 nitrogen and oxygen atoms in total. The summed E-state index contributed by atoms with van der Waals surface area (Å²) in [5, 5.41) is 2.70. The van der Waals surface area contributed by atoms with Gasteiger partial charge in [0.05, 0.1) is 11.0 Å². The van der Waals surface area contributed by atoms with Crippen LogP contribution in [0.25, 0.3) is 49.7 Å². The summed E-state index contributed by atoms with van der Waals surface area (Å²) in [5.74, 6) is 0. The van der Waals surface area contributed by atoms with E-state index in [0.717, 1.165) is 6.42 Å². The molecule has 6 rings (SSSR count). The highest BCUT2D eigenvalue weighted by molar-refractivity contribution is 6.18. The van der Waals surface area contributed by atoms with Crippen LogP contribution < -0.4 is 0 Å². The number of hydrogen-bond acceptors (Lipinski definition) is 0. The lowest BCUT2D eigenvalue weighted by Crippen LogP contribution is -2.17. The first kappa shape index (κ1) is 34.8. The van der Waals surface area contributed by atoms with Crippen LogP contribution in [-0.4, -0.2) is 4.57 Å². The van der Waals surface area contributed by atoms with Gasteiger partial charge in [-0.1, -0.05) is 163 Å². The van der Waals surface area contributed by atoms with E-state index in [9.17, 15) is 0 Å². The Hall–Kier alpha value is -4.10. The zero-order chi connectivity index (χ0) is 35.7. The number of benzene rings is 5. The Balaban J connectivity index is 1.79. The SMILES string of the molecule is CCc1c(-c2cc(C(C)(C)C)cc(C(C)(C)C)c2)ccc2c1c1c(-c3ccccc3)cccc1n2-c1cc(C(C)(C)C)cc(C(C)(C)C)c1. The van der Waals surface area contributed by atoms with E-state index in [1.165, 1.54) is 77.6 Å². The smallest absolute Gasteiger partial charge is 0.0547 e. The summed E-state index contributed by atoms with van der Waals surface area (Å²) in [6.07, 6.45) is 0.939. The molecule has 0 N–H and O–H groups in total. The van der Waals surface area contributed by atoms with E-state index in [1.54, 1.807) is 0 Å². The number of fused-ring (bicyclic) bond motifs is 3. The summed E-state index contributed by atoms with van der Waals surface area (Å²) in [6, 6.07) is 37.3. The summed E-state index contributed by atoms with van der Waals surface area (Å²) in [4.78, 5) is 0. The minimum Gasteiger partial charge on any atom is -0.309 e. The Labute approximate surface area is 296 Å². The highest BCUT2D eigenvalue weighted by Gasteiger charge is 2.26. The van der Waals surface area contributed by atoms with Crippen molar-refractivity contribution in [2.75, 3.05) is 0 Å². The van der Waals surface area contributed by atoms with E-state index in [4.69, 9.17) is 0 Å². The number of nitrogens with zero attached hydrogens (tertiary/aromatic N) is 1. The van der Waals surface area contributed by atoms with Crippen molar-refractivity contribution in [2.24, 2.45) is 0 Å². The van der Waals surface area contributed by atoms with Crippen LogP contribution in [0.5, 0.6) is 0 Å². The second-order valence-electron chi connectivity index (χ2n) is 18.3. The van der Waals surface area contributed by atoms with Crippen LogP contribution in [0.1, 0.15) is 118 Å². The molecule has 254 valence electrons. The molecule has 0 bridgehead atoms. The summed E-state index contributed by atoms with van der Waals surface area (Å²) in [7, 11) is 0. The molecule has 0 aliphatic carbocycles. The lowest BCUT2D eigenvalue weighted by Gasteiger charge is -2.27. The first-order valence-electron chi connectivity index (χ1n) is 18.3. The van der Waals surface area contributed by atoms with Crippen LogP contribution in [-0.2, 0) is 28.1 Å². The Bertz CT molecular complexity index is 2100. The molecular formula is C48H57N. The maximum atomic E-state index is 2.55. The quantitative estimate of drug-likeness (QED) is 0.179. The molecule has 0 saturated carbocycles. The number of aromatic nitrogens is 1. The van der Waals surface area contributed by atoms with Gasteiger partial charge in [0.1, 0.15) is 0 Å². The average Bonchev–Trinajstić information content (AvgIpc) is 3.37. The van der Waals surface area contributed by atoms with Gasteiger partial charge in [-0.25, -0.2) is 0 Å². The standard InChI is InChI=1S/C48H57N/c1-14-38-39(32-25-33(45(2,3)4)27-34(26-32)46(5,6)7)23-24-42-43(38)44-40(31-19-16-15-17-20-31)21-18-22-41(44)49(42)37-29-35(47(8,9)10)28-36(30-37)48(11,12)13/h15-30H,14H2,1-13H3. The third-order valence-electron chi connectivity index (χ3n) is 10.4. The molecule has 0 atom stereocenters. The molecule has 0 radical (unpaired) electrons. The normalized spacial score (nSPS) is 13.1. The van der Waals surface area contributed by atoms with E-state index in [1.807, 2.05) is 0 Å². The fourth-order valence-corrected chi connectivity index (χ4v) is 7.25. The highest BCUT2D eigenvalue weighted by Crippen LogP contribution is 2.45. The lowest BCUT2D eigenvalue weighted by molar-refractivity contribution is 0.568.